The molecule has 2 aliphatic rings. The average molecular weight is 441 g/mol. The Hall–Kier alpha value is -2.40. The Morgan fingerprint density at radius 3 is 2.50 bits per heavy atom. The molecule has 3 nitrogen and oxygen atoms in total. The number of benzene rings is 2. The van der Waals surface area contributed by atoms with Gasteiger partial charge in [-0.15, -0.1) is 0 Å². The van der Waals surface area contributed by atoms with Crippen LogP contribution in [0.4, 0.5) is 4.39 Å². The predicted octanol–water partition coefficient (Wildman–Crippen LogP) is 5.25. The molecule has 1 aliphatic carbocycles. The largest absolute Gasteiger partial charge is 0.385 e. The number of halogens is 2. The van der Waals surface area contributed by atoms with Gasteiger partial charge in [-0.3, -0.25) is 4.79 Å². The molecule has 0 fully saturated rings. The molecule has 1 aliphatic heterocycles. The molecular formula is C23H22BrFN2O. The van der Waals surface area contributed by atoms with Crippen molar-refractivity contribution in [1.82, 2.24) is 5.32 Å². The molecule has 0 bridgehead atoms. The van der Waals surface area contributed by atoms with Crippen LogP contribution in [0.25, 0.3) is 5.57 Å². The van der Waals surface area contributed by atoms with Crippen LogP contribution >= 0.6 is 15.9 Å². The van der Waals surface area contributed by atoms with Crippen LogP contribution in [0, 0.1) is 11.2 Å². The van der Waals surface area contributed by atoms with Crippen LogP contribution in [0.1, 0.15) is 43.7 Å². The molecule has 0 amide bonds. The maximum atomic E-state index is 13.5. The van der Waals surface area contributed by atoms with E-state index in [-0.39, 0.29) is 22.9 Å². The number of nitrogens with one attached hydrogen (secondary N) is 1. The average Bonchev–Trinajstić information content (AvgIpc) is 2.60. The fourth-order valence-corrected chi connectivity index (χ4v) is 4.70. The second kappa shape index (κ2) is 6.89. The lowest BCUT2D eigenvalue weighted by molar-refractivity contribution is -0.118. The third-order valence-electron chi connectivity index (χ3n) is 5.41. The Morgan fingerprint density at radius 2 is 1.82 bits per heavy atom. The van der Waals surface area contributed by atoms with Crippen LogP contribution in [0.15, 0.2) is 70.1 Å². The fourth-order valence-electron chi connectivity index (χ4n) is 4.28. The van der Waals surface area contributed by atoms with E-state index in [0.717, 1.165) is 38.9 Å². The Balaban J connectivity index is 1.93. The summed E-state index contributed by atoms with van der Waals surface area (Å²) in [4.78, 5) is 13.2. The standard InChI is InChI=1S/C23H22BrFN2O/c1-23(2)11-17-21(18(28)12-23)19(14-4-3-5-15(24)10-14)20(22(26)27-17)13-6-8-16(25)9-7-13/h3-10,19,27H,11-12,26H2,1-2H3. The first-order valence-electron chi connectivity index (χ1n) is 9.29. The molecule has 0 spiro atoms. The lowest BCUT2D eigenvalue weighted by atomic mass is 9.68. The van der Waals surface area contributed by atoms with Gasteiger partial charge in [0.15, 0.2) is 5.78 Å². The minimum Gasteiger partial charge on any atom is -0.385 e. The summed E-state index contributed by atoms with van der Waals surface area (Å²) < 4.78 is 14.4. The van der Waals surface area contributed by atoms with E-state index < -0.39 is 0 Å². The second-order valence-electron chi connectivity index (χ2n) is 8.28. The minimum atomic E-state index is -0.305. The summed E-state index contributed by atoms with van der Waals surface area (Å²) >= 11 is 3.54. The van der Waals surface area contributed by atoms with E-state index in [1.165, 1.54) is 12.1 Å². The van der Waals surface area contributed by atoms with Crippen molar-refractivity contribution in [2.75, 3.05) is 0 Å². The highest BCUT2D eigenvalue weighted by Crippen LogP contribution is 2.48. The van der Waals surface area contributed by atoms with Crippen molar-refractivity contribution in [2.24, 2.45) is 11.1 Å². The summed E-state index contributed by atoms with van der Waals surface area (Å²) in [5.41, 5.74) is 10.6. The molecule has 5 heteroatoms. The quantitative estimate of drug-likeness (QED) is 0.670. The zero-order valence-electron chi connectivity index (χ0n) is 15.9. The zero-order chi connectivity index (χ0) is 20.1. The maximum Gasteiger partial charge on any atom is 0.162 e. The molecular weight excluding hydrogens is 419 g/mol. The van der Waals surface area contributed by atoms with Crippen LogP contribution in [-0.2, 0) is 4.79 Å². The maximum absolute atomic E-state index is 13.5. The van der Waals surface area contributed by atoms with Crippen LogP contribution in [0.5, 0.6) is 0 Å². The number of nitrogens with two attached hydrogens (primary N) is 1. The van der Waals surface area contributed by atoms with Crippen LogP contribution < -0.4 is 11.1 Å². The lowest BCUT2D eigenvalue weighted by Gasteiger charge is -2.40. The number of dihydropyridines is 1. The summed E-state index contributed by atoms with van der Waals surface area (Å²) in [5.74, 6) is 0.0561. The van der Waals surface area contributed by atoms with Crippen molar-refractivity contribution >= 4 is 27.3 Å². The number of ketones is 1. The molecule has 0 radical (unpaired) electrons. The van der Waals surface area contributed by atoms with Gasteiger partial charge in [0.1, 0.15) is 11.6 Å². The number of allylic oxidation sites excluding steroid dienone is 3. The van der Waals surface area contributed by atoms with Gasteiger partial charge >= 0.3 is 0 Å². The smallest absolute Gasteiger partial charge is 0.162 e. The summed E-state index contributed by atoms with van der Waals surface area (Å²) in [6.07, 6.45) is 1.25. The molecule has 4 rings (SSSR count). The third kappa shape index (κ3) is 3.39. The van der Waals surface area contributed by atoms with Gasteiger partial charge in [-0.1, -0.05) is 54.0 Å². The van der Waals surface area contributed by atoms with Crippen molar-refractivity contribution in [3.8, 4) is 0 Å². The Bertz CT molecular complexity index is 1020. The van der Waals surface area contributed by atoms with Gasteiger partial charge in [0.2, 0.25) is 0 Å². The number of hydrogen-bond donors (Lipinski definition) is 2. The molecule has 1 atom stereocenters. The second-order valence-corrected chi connectivity index (χ2v) is 9.20. The van der Waals surface area contributed by atoms with Gasteiger partial charge in [0.25, 0.3) is 0 Å². The Labute approximate surface area is 172 Å². The van der Waals surface area contributed by atoms with E-state index in [4.69, 9.17) is 5.73 Å². The van der Waals surface area contributed by atoms with Gasteiger partial charge in [-0.25, -0.2) is 4.39 Å². The van der Waals surface area contributed by atoms with Gasteiger partial charge in [-0.05, 0) is 47.2 Å². The topological polar surface area (TPSA) is 55.1 Å². The van der Waals surface area contributed by atoms with Crippen LogP contribution in [0.3, 0.4) is 0 Å². The van der Waals surface area contributed by atoms with Gasteiger partial charge in [0, 0.05) is 33.7 Å². The van der Waals surface area contributed by atoms with E-state index in [9.17, 15) is 9.18 Å². The summed E-state index contributed by atoms with van der Waals surface area (Å²) in [6, 6.07) is 14.2. The molecule has 3 N–H and O–H groups in total. The van der Waals surface area contributed by atoms with Crippen molar-refractivity contribution < 1.29 is 9.18 Å². The molecule has 0 aromatic heterocycles. The first-order valence-corrected chi connectivity index (χ1v) is 10.1. The summed E-state index contributed by atoms with van der Waals surface area (Å²) in [6.45, 7) is 4.19. The molecule has 2 aromatic carbocycles. The Morgan fingerprint density at radius 1 is 1.11 bits per heavy atom. The zero-order valence-corrected chi connectivity index (χ0v) is 17.4. The van der Waals surface area contributed by atoms with Crippen LogP contribution in [-0.4, -0.2) is 5.78 Å². The number of rotatable bonds is 2. The number of hydrogen-bond acceptors (Lipinski definition) is 3. The van der Waals surface area contributed by atoms with Crippen molar-refractivity contribution in [3.05, 3.63) is 87.0 Å². The highest BCUT2D eigenvalue weighted by atomic mass is 79.9. The molecule has 0 saturated carbocycles. The first-order chi connectivity index (χ1) is 13.2. The van der Waals surface area contributed by atoms with E-state index in [1.807, 2.05) is 24.3 Å². The van der Waals surface area contributed by atoms with E-state index in [0.29, 0.717) is 12.2 Å². The molecule has 144 valence electrons. The highest BCUT2D eigenvalue weighted by Gasteiger charge is 2.41. The SMILES string of the molecule is CC1(C)CC(=O)C2=C(C1)NC(N)=C(c1ccc(F)cc1)C2c1cccc(Br)c1. The number of carbonyl (C=O) groups is 1. The molecule has 1 unspecified atom stereocenters. The Kier molecular flexibility index (Phi) is 4.66. The van der Waals surface area contributed by atoms with Gasteiger partial charge < -0.3 is 11.1 Å². The molecule has 0 saturated heterocycles. The molecule has 2 aromatic rings. The molecule has 28 heavy (non-hydrogen) atoms. The first kappa shape index (κ1) is 18.9. The van der Waals surface area contributed by atoms with E-state index in [1.54, 1.807) is 12.1 Å². The minimum absolute atomic E-state index is 0.113. The lowest BCUT2D eigenvalue weighted by Crippen LogP contribution is -2.39. The number of Topliss-reactive ketones (excluding diaryl/α,β-unsaturated/α-hetero) is 1. The van der Waals surface area contributed by atoms with E-state index in [2.05, 4.69) is 35.1 Å². The van der Waals surface area contributed by atoms with Crippen molar-refractivity contribution in [1.29, 1.82) is 0 Å². The van der Waals surface area contributed by atoms with Crippen LogP contribution in [0.2, 0.25) is 0 Å². The summed E-state index contributed by atoms with van der Waals surface area (Å²) in [5, 5.41) is 3.29. The molecule has 1 heterocycles. The fraction of sp³-hybridized carbons (Fsp3) is 0.261. The monoisotopic (exact) mass is 440 g/mol. The van der Waals surface area contributed by atoms with Gasteiger partial charge in [0.05, 0.1) is 0 Å². The van der Waals surface area contributed by atoms with Crippen molar-refractivity contribution in [3.63, 3.8) is 0 Å². The van der Waals surface area contributed by atoms with E-state index >= 15 is 0 Å². The number of carbonyl (C=O) groups excluding carboxylic acids is 1. The third-order valence-corrected chi connectivity index (χ3v) is 5.90. The predicted molar refractivity (Wildman–Crippen MR) is 113 cm³/mol. The highest BCUT2D eigenvalue weighted by molar-refractivity contribution is 9.10. The van der Waals surface area contributed by atoms with Crippen molar-refractivity contribution in [2.45, 2.75) is 32.6 Å². The van der Waals surface area contributed by atoms with Gasteiger partial charge in [-0.2, -0.15) is 0 Å². The normalized spacial score (nSPS) is 21.4. The summed E-state index contributed by atoms with van der Waals surface area (Å²) in [7, 11) is 0.